The van der Waals surface area contributed by atoms with Crippen LogP contribution >= 0.6 is 0 Å². The highest BCUT2D eigenvalue weighted by atomic mass is 19.3. The van der Waals surface area contributed by atoms with Gasteiger partial charge in [0.1, 0.15) is 0 Å². The number of hydrogen-bond donors (Lipinski definition) is 1. The number of rotatable bonds is 3. The monoisotopic (exact) mass is 232 g/mol. The molecule has 0 bridgehead atoms. The molecule has 2 heterocycles. The molecule has 0 aromatic carbocycles. The Morgan fingerprint density at radius 3 is 2.88 bits per heavy atom. The van der Waals surface area contributed by atoms with Crippen molar-refractivity contribution < 1.29 is 8.78 Å². The largest absolute Gasteiger partial charge is 0.316 e. The topological polar surface area (TPSA) is 15.3 Å². The van der Waals surface area contributed by atoms with Crippen molar-refractivity contribution in [3.63, 3.8) is 0 Å². The molecule has 0 radical (unpaired) electrons. The maximum absolute atomic E-state index is 13.2. The van der Waals surface area contributed by atoms with Crippen LogP contribution in [0.15, 0.2) is 0 Å². The predicted octanol–water partition coefficient (Wildman–Crippen LogP) is 2.11. The van der Waals surface area contributed by atoms with Gasteiger partial charge in [-0.1, -0.05) is 0 Å². The lowest BCUT2D eigenvalue weighted by Crippen LogP contribution is -2.43. The van der Waals surface area contributed by atoms with Crippen molar-refractivity contribution in [1.29, 1.82) is 0 Å². The molecule has 0 aliphatic carbocycles. The summed E-state index contributed by atoms with van der Waals surface area (Å²) in [5.41, 5.74) is 0. The van der Waals surface area contributed by atoms with Gasteiger partial charge in [0.15, 0.2) is 0 Å². The Kier molecular flexibility index (Phi) is 4.14. The fraction of sp³-hybridized carbons (Fsp3) is 1.00. The van der Waals surface area contributed by atoms with Crippen LogP contribution in [0.3, 0.4) is 0 Å². The summed E-state index contributed by atoms with van der Waals surface area (Å²) < 4.78 is 26.3. The molecule has 2 saturated heterocycles. The summed E-state index contributed by atoms with van der Waals surface area (Å²) in [7, 11) is 0. The molecule has 2 rings (SSSR count). The number of likely N-dealkylation sites (tertiary alicyclic amines) is 1. The second-order valence-corrected chi connectivity index (χ2v) is 5.24. The van der Waals surface area contributed by atoms with Crippen LogP contribution in [-0.2, 0) is 0 Å². The zero-order valence-corrected chi connectivity index (χ0v) is 9.85. The summed E-state index contributed by atoms with van der Waals surface area (Å²) in [5.74, 6) is -1.74. The Hall–Kier alpha value is -0.220. The molecule has 2 aliphatic heterocycles. The first-order chi connectivity index (χ1) is 7.66. The van der Waals surface area contributed by atoms with E-state index >= 15 is 0 Å². The van der Waals surface area contributed by atoms with E-state index in [9.17, 15) is 8.78 Å². The quantitative estimate of drug-likeness (QED) is 0.801. The van der Waals surface area contributed by atoms with E-state index in [2.05, 4.69) is 5.32 Å². The van der Waals surface area contributed by atoms with E-state index in [-0.39, 0.29) is 13.0 Å². The summed E-state index contributed by atoms with van der Waals surface area (Å²) in [4.78, 5) is 1.94. The second kappa shape index (κ2) is 5.41. The maximum Gasteiger partial charge on any atom is 0.260 e. The highest BCUT2D eigenvalue weighted by Gasteiger charge is 2.34. The number of halogens is 2. The van der Waals surface area contributed by atoms with Crippen molar-refractivity contribution in [2.75, 3.05) is 32.7 Å². The number of alkyl halides is 2. The molecule has 1 unspecified atom stereocenters. The summed E-state index contributed by atoms with van der Waals surface area (Å²) >= 11 is 0. The molecule has 2 nitrogen and oxygen atoms in total. The van der Waals surface area contributed by atoms with Gasteiger partial charge in [-0.05, 0) is 57.8 Å². The molecule has 2 aliphatic rings. The third-order valence-corrected chi connectivity index (χ3v) is 3.72. The van der Waals surface area contributed by atoms with Crippen LogP contribution in [0.1, 0.15) is 32.1 Å². The average molecular weight is 232 g/mol. The van der Waals surface area contributed by atoms with Crippen molar-refractivity contribution in [3.8, 4) is 0 Å². The Morgan fingerprint density at radius 1 is 1.31 bits per heavy atom. The second-order valence-electron chi connectivity index (χ2n) is 5.24. The minimum absolute atomic E-state index is 0.0207. The Balaban J connectivity index is 1.68. The zero-order valence-electron chi connectivity index (χ0n) is 9.85. The van der Waals surface area contributed by atoms with Gasteiger partial charge in [-0.25, -0.2) is 8.78 Å². The molecular weight excluding hydrogens is 210 g/mol. The van der Waals surface area contributed by atoms with Gasteiger partial charge in [0.2, 0.25) is 0 Å². The normalized spacial score (nSPS) is 31.5. The van der Waals surface area contributed by atoms with E-state index in [4.69, 9.17) is 0 Å². The number of hydrogen-bond acceptors (Lipinski definition) is 2. The first-order valence-electron chi connectivity index (χ1n) is 6.47. The summed E-state index contributed by atoms with van der Waals surface area (Å²) in [5, 5.41) is 3.37. The third kappa shape index (κ3) is 3.67. The molecule has 0 amide bonds. The minimum Gasteiger partial charge on any atom is -0.316 e. The van der Waals surface area contributed by atoms with E-state index in [0.29, 0.717) is 12.3 Å². The SMILES string of the molecule is FC1(F)CCCN(CCC2CCCNC2)C1. The van der Waals surface area contributed by atoms with Gasteiger partial charge in [-0.15, -0.1) is 0 Å². The molecule has 1 N–H and O–H groups in total. The molecule has 1 atom stereocenters. The summed E-state index contributed by atoms with van der Waals surface area (Å²) in [6.07, 6.45) is 4.30. The lowest BCUT2D eigenvalue weighted by molar-refractivity contribution is -0.0648. The fourth-order valence-corrected chi connectivity index (χ4v) is 2.77. The zero-order chi connectivity index (χ0) is 11.4. The van der Waals surface area contributed by atoms with Gasteiger partial charge in [-0.2, -0.15) is 0 Å². The Bertz CT molecular complexity index is 215. The number of nitrogens with one attached hydrogen (secondary N) is 1. The first kappa shape index (κ1) is 12.2. The molecule has 2 fully saturated rings. The van der Waals surface area contributed by atoms with Gasteiger partial charge in [0.25, 0.3) is 5.92 Å². The smallest absolute Gasteiger partial charge is 0.260 e. The van der Waals surface area contributed by atoms with Gasteiger partial charge in [-0.3, -0.25) is 4.90 Å². The van der Waals surface area contributed by atoms with Gasteiger partial charge in [0.05, 0.1) is 6.54 Å². The molecule has 94 valence electrons. The van der Waals surface area contributed by atoms with E-state index in [1.165, 1.54) is 12.8 Å². The molecule has 0 aromatic heterocycles. The molecular formula is C12H22F2N2. The van der Waals surface area contributed by atoms with Crippen molar-refractivity contribution in [2.45, 2.75) is 38.0 Å². The van der Waals surface area contributed by atoms with Crippen molar-refractivity contribution >= 4 is 0 Å². The standard InChI is InChI=1S/C12H22F2N2/c13-12(14)5-2-7-16(10-12)8-4-11-3-1-6-15-9-11/h11,15H,1-10H2. The van der Waals surface area contributed by atoms with Gasteiger partial charge < -0.3 is 5.32 Å². The highest BCUT2D eigenvalue weighted by Crippen LogP contribution is 2.27. The van der Waals surface area contributed by atoms with Crippen LogP contribution < -0.4 is 5.32 Å². The lowest BCUT2D eigenvalue weighted by atomic mass is 9.95. The van der Waals surface area contributed by atoms with Crippen LogP contribution in [0.25, 0.3) is 0 Å². The van der Waals surface area contributed by atoms with E-state index in [0.717, 1.165) is 32.6 Å². The molecule has 0 saturated carbocycles. The van der Waals surface area contributed by atoms with Crippen LogP contribution in [-0.4, -0.2) is 43.5 Å². The van der Waals surface area contributed by atoms with Crippen LogP contribution in [0.2, 0.25) is 0 Å². The maximum atomic E-state index is 13.2. The van der Waals surface area contributed by atoms with Crippen molar-refractivity contribution in [1.82, 2.24) is 10.2 Å². The molecule has 4 heteroatoms. The van der Waals surface area contributed by atoms with Gasteiger partial charge in [0, 0.05) is 6.42 Å². The fourth-order valence-electron chi connectivity index (χ4n) is 2.77. The number of piperidine rings is 2. The highest BCUT2D eigenvalue weighted by molar-refractivity contribution is 4.79. The Labute approximate surface area is 96.4 Å². The van der Waals surface area contributed by atoms with Crippen LogP contribution in [0.5, 0.6) is 0 Å². The minimum atomic E-state index is -2.44. The molecule has 0 spiro atoms. The van der Waals surface area contributed by atoms with Crippen LogP contribution in [0, 0.1) is 5.92 Å². The lowest BCUT2D eigenvalue weighted by Gasteiger charge is -2.33. The summed E-state index contributed by atoms with van der Waals surface area (Å²) in [6, 6.07) is 0. The van der Waals surface area contributed by atoms with Crippen LogP contribution in [0.4, 0.5) is 8.78 Å². The summed E-state index contributed by atoms with van der Waals surface area (Å²) in [6.45, 7) is 3.88. The Morgan fingerprint density at radius 2 is 2.19 bits per heavy atom. The average Bonchev–Trinajstić information content (AvgIpc) is 2.27. The third-order valence-electron chi connectivity index (χ3n) is 3.72. The predicted molar refractivity (Wildman–Crippen MR) is 60.8 cm³/mol. The van der Waals surface area contributed by atoms with Crippen molar-refractivity contribution in [2.24, 2.45) is 5.92 Å². The number of nitrogens with zero attached hydrogens (tertiary/aromatic N) is 1. The molecule has 16 heavy (non-hydrogen) atoms. The first-order valence-corrected chi connectivity index (χ1v) is 6.47. The van der Waals surface area contributed by atoms with Crippen molar-refractivity contribution in [3.05, 3.63) is 0 Å². The van der Waals surface area contributed by atoms with E-state index in [1.54, 1.807) is 0 Å². The van der Waals surface area contributed by atoms with E-state index in [1.807, 2.05) is 4.90 Å². The molecule has 0 aromatic rings. The van der Waals surface area contributed by atoms with Gasteiger partial charge >= 0.3 is 0 Å². The van der Waals surface area contributed by atoms with E-state index < -0.39 is 5.92 Å².